The lowest BCUT2D eigenvalue weighted by atomic mass is 9.90. The summed E-state index contributed by atoms with van der Waals surface area (Å²) >= 11 is 0. The SMILES string of the molecule is CC(C)(C)OC(=O)N1CCNC(c2ccccc2)C1c1ccccc1. The van der Waals surface area contributed by atoms with Crippen molar-refractivity contribution < 1.29 is 9.53 Å². The number of carbonyl (C=O) groups is 1. The molecule has 2 atom stereocenters. The van der Waals surface area contributed by atoms with E-state index in [1.165, 1.54) is 5.56 Å². The Morgan fingerprint density at radius 3 is 2.12 bits per heavy atom. The van der Waals surface area contributed by atoms with Crippen LogP contribution in [0.3, 0.4) is 0 Å². The van der Waals surface area contributed by atoms with Gasteiger partial charge in [0.1, 0.15) is 5.60 Å². The maximum Gasteiger partial charge on any atom is 0.410 e. The zero-order valence-corrected chi connectivity index (χ0v) is 15.1. The van der Waals surface area contributed by atoms with E-state index in [0.717, 1.165) is 12.1 Å². The topological polar surface area (TPSA) is 41.6 Å². The summed E-state index contributed by atoms with van der Waals surface area (Å²) in [5.74, 6) is 0. The summed E-state index contributed by atoms with van der Waals surface area (Å²) in [6.45, 7) is 7.07. The molecule has 25 heavy (non-hydrogen) atoms. The Balaban J connectivity index is 1.97. The van der Waals surface area contributed by atoms with E-state index in [0.29, 0.717) is 6.54 Å². The second-order valence-corrected chi connectivity index (χ2v) is 7.37. The number of carbonyl (C=O) groups excluding carboxylic acids is 1. The molecule has 4 nitrogen and oxygen atoms in total. The average molecular weight is 338 g/mol. The van der Waals surface area contributed by atoms with Crippen molar-refractivity contribution in [3.8, 4) is 0 Å². The van der Waals surface area contributed by atoms with Crippen LogP contribution < -0.4 is 5.32 Å². The van der Waals surface area contributed by atoms with Gasteiger partial charge in [-0.3, -0.25) is 4.90 Å². The maximum absolute atomic E-state index is 12.9. The largest absolute Gasteiger partial charge is 0.444 e. The fourth-order valence-electron chi connectivity index (χ4n) is 3.28. The zero-order chi connectivity index (χ0) is 17.9. The first-order valence-corrected chi connectivity index (χ1v) is 8.78. The van der Waals surface area contributed by atoms with Crippen LogP contribution in [-0.2, 0) is 4.74 Å². The van der Waals surface area contributed by atoms with Crippen LogP contribution >= 0.6 is 0 Å². The van der Waals surface area contributed by atoms with Crippen LogP contribution in [0, 0.1) is 0 Å². The molecule has 2 aromatic rings. The normalized spacial score (nSPS) is 21.0. The van der Waals surface area contributed by atoms with Crippen molar-refractivity contribution in [1.82, 2.24) is 10.2 Å². The first-order valence-electron chi connectivity index (χ1n) is 8.78. The first-order chi connectivity index (χ1) is 12.0. The van der Waals surface area contributed by atoms with E-state index in [1.807, 2.05) is 62.1 Å². The average Bonchev–Trinajstić information content (AvgIpc) is 2.61. The smallest absolute Gasteiger partial charge is 0.410 e. The maximum atomic E-state index is 12.9. The van der Waals surface area contributed by atoms with E-state index < -0.39 is 5.60 Å². The summed E-state index contributed by atoms with van der Waals surface area (Å²) in [5.41, 5.74) is 1.77. The van der Waals surface area contributed by atoms with Crippen LogP contribution in [0.4, 0.5) is 4.79 Å². The van der Waals surface area contributed by atoms with Crippen molar-refractivity contribution in [3.63, 3.8) is 0 Å². The van der Waals surface area contributed by atoms with Gasteiger partial charge in [0.25, 0.3) is 0 Å². The number of amides is 1. The molecule has 2 unspecified atom stereocenters. The molecule has 0 spiro atoms. The van der Waals surface area contributed by atoms with Crippen LogP contribution in [0.2, 0.25) is 0 Å². The Morgan fingerprint density at radius 2 is 1.56 bits per heavy atom. The van der Waals surface area contributed by atoms with Crippen molar-refractivity contribution in [2.45, 2.75) is 38.5 Å². The molecule has 1 N–H and O–H groups in total. The highest BCUT2D eigenvalue weighted by Crippen LogP contribution is 2.37. The van der Waals surface area contributed by atoms with Crippen molar-refractivity contribution in [2.24, 2.45) is 0 Å². The van der Waals surface area contributed by atoms with Crippen molar-refractivity contribution in [1.29, 1.82) is 0 Å². The summed E-state index contributed by atoms with van der Waals surface area (Å²) in [5, 5.41) is 3.58. The number of nitrogens with one attached hydrogen (secondary N) is 1. The molecule has 1 amide bonds. The standard InChI is InChI=1S/C21H26N2O2/c1-21(2,3)25-20(24)23-15-14-22-18(16-10-6-4-7-11-16)19(23)17-12-8-5-9-13-17/h4-13,18-19,22H,14-15H2,1-3H3. The second-order valence-electron chi connectivity index (χ2n) is 7.37. The summed E-state index contributed by atoms with van der Waals surface area (Å²) < 4.78 is 5.67. The molecule has 0 radical (unpaired) electrons. The molecule has 1 fully saturated rings. The predicted octanol–water partition coefficient (Wildman–Crippen LogP) is 4.31. The number of piperazine rings is 1. The molecule has 1 aliphatic heterocycles. The summed E-state index contributed by atoms with van der Waals surface area (Å²) in [6.07, 6.45) is -0.260. The van der Waals surface area contributed by atoms with Gasteiger partial charge in [-0.05, 0) is 31.9 Å². The van der Waals surface area contributed by atoms with Crippen LogP contribution in [0.5, 0.6) is 0 Å². The minimum atomic E-state index is -0.508. The van der Waals surface area contributed by atoms with Gasteiger partial charge in [-0.15, -0.1) is 0 Å². The Kier molecular flexibility index (Phi) is 5.09. The fourth-order valence-corrected chi connectivity index (χ4v) is 3.28. The summed E-state index contributed by atoms with van der Waals surface area (Å²) in [4.78, 5) is 14.7. The van der Waals surface area contributed by atoms with Gasteiger partial charge < -0.3 is 10.1 Å². The molecule has 0 aliphatic carbocycles. The molecular formula is C21H26N2O2. The lowest BCUT2D eigenvalue weighted by Gasteiger charge is -2.42. The van der Waals surface area contributed by atoms with E-state index in [2.05, 4.69) is 29.6 Å². The van der Waals surface area contributed by atoms with Gasteiger partial charge in [0.15, 0.2) is 0 Å². The van der Waals surface area contributed by atoms with Gasteiger partial charge >= 0.3 is 6.09 Å². The Labute approximate surface area is 149 Å². The molecule has 0 aromatic heterocycles. The molecule has 1 aliphatic rings. The molecule has 3 rings (SSSR count). The molecule has 1 saturated heterocycles. The van der Waals surface area contributed by atoms with E-state index in [1.54, 1.807) is 0 Å². The molecule has 4 heteroatoms. The lowest BCUT2D eigenvalue weighted by molar-refractivity contribution is 0.00502. The molecular weight excluding hydrogens is 312 g/mol. The van der Waals surface area contributed by atoms with Crippen LogP contribution in [0.15, 0.2) is 60.7 Å². The monoisotopic (exact) mass is 338 g/mol. The van der Waals surface area contributed by atoms with E-state index in [4.69, 9.17) is 4.74 Å². The molecule has 2 aromatic carbocycles. The number of hydrogen-bond acceptors (Lipinski definition) is 3. The van der Waals surface area contributed by atoms with Gasteiger partial charge in [0.05, 0.1) is 12.1 Å². The third-order valence-electron chi connectivity index (χ3n) is 4.30. The highest BCUT2D eigenvalue weighted by atomic mass is 16.6. The van der Waals surface area contributed by atoms with E-state index in [9.17, 15) is 4.79 Å². The lowest BCUT2D eigenvalue weighted by Crippen LogP contribution is -2.51. The van der Waals surface area contributed by atoms with Crippen LogP contribution in [-0.4, -0.2) is 29.7 Å². The highest BCUT2D eigenvalue weighted by Gasteiger charge is 2.38. The number of hydrogen-bond donors (Lipinski definition) is 1. The quantitative estimate of drug-likeness (QED) is 0.887. The van der Waals surface area contributed by atoms with Gasteiger partial charge in [0, 0.05) is 13.1 Å². The van der Waals surface area contributed by atoms with Gasteiger partial charge in [-0.2, -0.15) is 0 Å². The number of rotatable bonds is 2. The van der Waals surface area contributed by atoms with Crippen molar-refractivity contribution >= 4 is 6.09 Å². The first kappa shape index (κ1) is 17.5. The van der Waals surface area contributed by atoms with Crippen molar-refractivity contribution in [2.75, 3.05) is 13.1 Å². The molecule has 1 heterocycles. The molecule has 0 bridgehead atoms. The van der Waals surface area contributed by atoms with E-state index >= 15 is 0 Å². The molecule has 132 valence electrons. The fraction of sp³-hybridized carbons (Fsp3) is 0.381. The Morgan fingerprint density at radius 1 is 1.00 bits per heavy atom. The predicted molar refractivity (Wildman–Crippen MR) is 99.3 cm³/mol. The number of benzene rings is 2. The Hall–Kier alpha value is -2.33. The zero-order valence-electron chi connectivity index (χ0n) is 15.1. The third-order valence-corrected chi connectivity index (χ3v) is 4.30. The Bertz CT molecular complexity index is 695. The van der Waals surface area contributed by atoms with Crippen molar-refractivity contribution in [3.05, 3.63) is 71.8 Å². The van der Waals surface area contributed by atoms with Gasteiger partial charge in [0.2, 0.25) is 0 Å². The number of nitrogens with zero attached hydrogens (tertiary/aromatic N) is 1. The molecule has 0 saturated carbocycles. The minimum absolute atomic E-state index is 0.0323. The minimum Gasteiger partial charge on any atom is -0.444 e. The summed E-state index contributed by atoms with van der Waals surface area (Å²) in [6, 6.07) is 20.4. The third kappa shape index (κ3) is 4.20. The van der Waals surface area contributed by atoms with Gasteiger partial charge in [-0.25, -0.2) is 4.79 Å². The van der Waals surface area contributed by atoms with E-state index in [-0.39, 0.29) is 18.2 Å². The highest BCUT2D eigenvalue weighted by molar-refractivity contribution is 5.69. The number of ether oxygens (including phenoxy) is 1. The summed E-state index contributed by atoms with van der Waals surface area (Å²) in [7, 11) is 0. The van der Waals surface area contributed by atoms with Crippen LogP contribution in [0.1, 0.15) is 44.0 Å². The van der Waals surface area contributed by atoms with Gasteiger partial charge in [-0.1, -0.05) is 60.7 Å². The second kappa shape index (κ2) is 7.28. The van der Waals surface area contributed by atoms with Crippen LogP contribution in [0.25, 0.3) is 0 Å².